The first-order valence-corrected chi connectivity index (χ1v) is 15.8. The molecule has 0 aliphatic heterocycles. The SMILES string of the molecule is CCCCCCCC(C)CCCC(C)CCC(OC(=O)CCCN(C)C)C(C)C=CCOC(=O)C(C)CC. The van der Waals surface area contributed by atoms with Crippen LogP contribution in [0, 0.1) is 23.7 Å². The average Bonchev–Trinajstić information content (AvgIpc) is 2.87. The third kappa shape index (κ3) is 20.6. The van der Waals surface area contributed by atoms with Crippen molar-refractivity contribution in [2.75, 3.05) is 27.2 Å². The van der Waals surface area contributed by atoms with Crippen LogP contribution in [-0.4, -0.2) is 50.2 Å². The zero-order chi connectivity index (χ0) is 28.8. The van der Waals surface area contributed by atoms with Gasteiger partial charge in [0.15, 0.2) is 0 Å². The maximum atomic E-state index is 12.6. The number of esters is 2. The van der Waals surface area contributed by atoms with E-state index >= 15 is 0 Å². The molecular weight excluding hydrogens is 474 g/mol. The molecule has 5 unspecified atom stereocenters. The van der Waals surface area contributed by atoms with Gasteiger partial charge in [0.05, 0.1) is 5.92 Å². The normalized spacial score (nSPS) is 15.8. The van der Waals surface area contributed by atoms with Crippen molar-refractivity contribution < 1.29 is 19.1 Å². The van der Waals surface area contributed by atoms with Gasteiger partial charge in [0.1, 0.15) is 12.7 Å². The number of hydrogen-bond donors (Lipinski definition) is 0. The second kappa shape index (κ2) is 23.5. The molecule has 5 nitrogen and oxygen atoms in total. The minimum Gasteiger partial charge on any atom is -0.462 e. The lowest BCUT2D eigenvalue weighted by atomic mass is 9.90. The van der Waals surface area contributed by atoms with Gasteiger partial charge in [0, 0.05) is 12.3 Å². The van der Waals surface area contributed by atoms with Crippen molar-refractivity contribution in [3.05, 3.63) is 12.2 Å². The molecule has 0 aromatic carbocycles. The summed E-state index contributed by atoms with van der Waals surface area (Å²) in [6, 6.07) is 0. The summed E-state index contributed by atoms with van der Waals surface area (Å²) in [5.41, 5.74) is 0. The Hall–Kier alpha value is -1.36. The van der Waals surface area contributed by atoms with E-state index in [0.717, 1.165) is 38.1 Å². The Bertz CT molecular complexity index is 618. The summed E-state index contributed by atoms with van der Waals surface area (Å²) in [6.07, 6.45) is 19.8. The number of unbranched alkanes of at least 4 members (excludes halogenated alkanes) is 4. The number of carbonyl (C=O) groups excluding carboxylic acids is 2. The molecule has 0 aromatic heterocycles. The van der Waals surface area contributed by atoms with E-state index in [-0.39, 0.29) is 36.5 Å². The summed E-state index contributed by atoms with van der Waals surface area (Å²) in [4.78, 5) is 26.6. The van der Waals surface area contributed by atoms with Crippen LogP contribution in [0.15, 0.2) is 12.2 Å². The highest BCUT2D eigenvalue weighted by Crippen LogP contribution is 2.24. The molecule has 5 heteroatoms. The smallest absolute Gasteiger partial charge is 0.308 e. The minimum atomic E-state index is -0.159. The first-order valence-electron chi connectivity index (χ1n) is 15.8. The largest absolute Gasteiger partial charge is 0.462 e. The molecule has 0 aliphatic rings. The van der Waals surface area contributed by atoms with Gasteiger partial charge in [-0.25, -0.2) is 0 Å². The van der Waals surface area contributed by atoms with Crippen molar-refractivity contribution in [2.45, 2.75) is 138 Å². The third-order valence-electron chi connectivity index (χ3n) is 7.77. The zero-order valence-electron chi connectivity index (χ0n) is 26.4. The Morgan fingerprint density at radius 3 is 2.05 bits per heavy atom. The van der Waals surface area contributed by atoms with Gasteiger partial charge in [0.2, 0.25) is 0 Å². The summed E-state index contributed by atoms with van der Waals surface area (Å²) in [5, 5.41) is 0. The summed E-state index contributed by atoms with van der Waals surface area (Å²) in [7, 11) is 4.04. The lowest BCUT2D eigenvalue weighted by Crippen LogP contribution is -2.26. The van der Waals surface area contributed by atoms with Gasteiger partial charge in [0.25, 0.3) is 0 Å². The molecule has 0 rings (SSSR count). The average molecular weight is 538 g/mol. The number of rotatable bonds is 24. The fraction of sp³-hybridized carbons (Fsp3) is 0.879. The van der Waals surface area contributed by atoms with E-state index in [1.807, 2.05) is 40.1 Å². The standard InChI is InChI=1S/C33H63NO4/c1-9-11-12-13-14-18-27(3)19-15-20-28(4)23-24-31(38-32(35)22-16-25-34(7)8)30(6)21-17-26-37-33(36)29(5)10-2/h17,21,27-31H,9-16,18-20,22-26H2,1-8H3. The molecule has 0 fully saturated rings. The van der Waals surface area contributed by atoms with Crippen LogP contribution in [0.3, 0.4) is 0 Å². The molecule has 0 saturated heterocycles. The molecule has 38 heavy (non-hydrogen) atoms. The van der Waals surface area contributed by atoms with Crippen molar-refractivity contribution in [3.8, 4) is 0 Å². The molecule has 5 atom stereocenters. The molecular formula is C33H63NO4. The van der Waals surface area contributed by atoms with E-state index in [9.17, 15) is 9.59 Å². The van der Waals surface area contributed by atoms with Crippen molar-refractivity contribution in [3.63, 3.8) is 0 Å². The van der Waals surface area contributed by atoms with Crippen LogP contribution in [0.25, 0.3) is 0 Å². The Kier molecular flexibility index (Phi) is 22.7. The van der Waals surface area contributed by atoms with Gasteiger partial charge in [-0.2, -0.15) is 0 Å². The monoisotopic (exact) mass is 537 g/mol. The molecule has 0 aromatic rings. The molecule has 0 heterocycles. The number of carbonyl (C=O) groups is 2. The van der Waals surface area contributed by atoms with E-state index in [4.69, 9.17) is 9.47 Å². The highest BCUT2D eigenvalue weighted by atomic mass is 16.5. The molecule has 0 spiro atoms. The van der Waals surface area contributed by atoms with Gasteiger partial charge in [-0.1, -0.05) is 111 Å². The summed E-state index contributed by atoms with van der Waals surface area (Å²) in [5.74, 6) is 1.17. The molecule has 0 bridgehead atoms. The van der Waals surface area contributed by atoms with E-state index in [2.05, 4.69) is 32.6 Å². The van der Waals surface area contributed by atoms with E-state index in [0.29, 0.717) is 12.3 Å². The Morgan fingerprint density at radius 2 is 1.42 bits per heavy atom. The predicted molar refractivity (Wildman–Crippen MR) is 161 cm³/mol. The van der Waals surface area contributed by atoms with Crippen LogP contribution >= 0.6 is 0 Å². The number of hydrogen-bond acceptors (Lipinski definition) is 5. The van der Waals surface area contributed by atoms with Crippen LogP contribution in [0.4, 0.5) is 0 Å². The Labute approximate surface area is 236 Å². The first kappa shape index (κ1) is 36.6. The van der Waals surface area contributed by atoms with Gasteiger partial charge in [-0.15, -0.1) is 0 Å². The predicted octanol–water partition coefficient (Wildman–Crippen LogP) is 8.60. The van der Waals surface area contributed by atoms with Crippen LogP contribution in [-0.2, 0) is 19.1 Å². The maximum Gasteiger partial charge on any atom is 0.308 e. The topological polar surface area (TPSA) is 55.8 Å². The lowest BCUT2D eigenvalue weighted by molar-refractivity contribution is -0.151. The molecule has 0 N–H and O–H groups in total. The van der Waals surface area contributed by atoms with Crippen LogP contribution < -0.4 is 0 Å². The molecule has 0 radical (unpaired) electrons. The first-order chi connectivity index (χ1) is 18.1. The van der Waals surface area contributed by atoms with Crippen LogP contribution in [0.2, 0.25) is 0 Å². The second-order valence-electron chi connectivity index (χ2n) is 12.1. The second-order valence-corrected chi connectivity index (χ2v) is 12.1. The van der Waals surface area contributed by atoms with Gasteiger partial charge in [-0.3, -0.25) is 9.59 Å². The zero-order valence-corrected chi connectivity index (χ0v) is 26.4. The van der Waals surface area contributed by atoms with E-state index in [1.54, 1.807) is 0 Å². The van der Waals surface area contributed by atoms with Gasteiger partial charge in [-0.05, 0) is 58.2 Å². The Balaban J connectivity index is 4.64. The highest BCUT2D eigenvalue weighted by molar-refractivity contribution is 5.72. The van der Waals surface area contributed by atoms with Gasteiger partial charge < -0.3 is 14.4 Å². The van der Waals surface area contributed by atoms with Crippen LogP contribution in [0.1, 0.15) is 131 Å². The van der Waals surface area contributed by atoms with Crippen molar-refractivity contribution in [1.29, 1.82) is 0 Å². The summed E-state index contributed by atoms with van der Waals surface area (Å²) in [6.45, 7) is 14.1. The lowest BCUT2D eigenvalue weighted by Gasteiger charge is -2.24. The fourth-order valence-corrected chi connectivity index (χ4v) is 4.68. The van der Waals surface area contributed by atoms with E-state index in [1.165, 1.54) is 57.8 Å². The Morgan fingerprint density at radius 1 is 0.789 bits per heavy atom. The van der Waals surface area contributed by atoms with Crippen molar-refractivity contribution >= 4 is 11.9 Å². The quantitative estimate of drug-likeness (QED) is 0.0701. The van der Waals surface area contributed by atoms with Gasteiger partial charge >= 0.3 is 11.9 Å². The van der Waals surface area contributed by atoms with Crippen LogP contribution in [0.5, 0.6) is 0 Å². The summed E-state index contributed by atoms with van der Waals surface area (Å²) < 4.78 is 11.3. The number of nitrogens with zero attached hydrogens (tertiary/aromatic N) is 1. The third-order valence-corrected chi connectivity index (χ3v) is 7.77. The molecule has 224 valence electrons. The molecule has 0 amide bonds. The van der Waals surface area contributed by atoms with Crippen molar-refractivity contribution in [2.24, 2.45) is 23.7 Å². The molecule has 0 aliphatic carbocycles. The minimum absolute atomic E-state index is 0.0769. The van der Waals surface area contributed by atoms with Crippen molar-refractivity contribution in [1.82, 2.24) is 4.90 Å². The maximum absolute atomic E-state index is 12.6. The fourth-order valence-electron chi connectivity index (χ4n) is 4.68. The van der Waals surface area contributed by atoms with E-state index < -0.39 is 0 Å². The highest BCUT2D eigenvalue weighted by Gasteiger charge is 2.21. The summed E-state index contributed by atoms with van der Waals surface area (Å²) >= 11 is 0. The molecule has 0 saturated carbocycles. The number of ether oxygens (including phenoxy) is 2.